The second-order valence-electron chi connectivity index (χ2n) is 2.75. The van der Waals surface area contributed by atoms with E-state index in [1.54, 1.807) is 0 Å². The molecular weight excluding hydrogens is 331 g/mol. The van der Waals surface area contributed by atoms with E-state index in [0.29, 0.717) is 4.83 Å². The lowest BCUT2D eigenvalue weighted by atomic mass is 10.00. The van der Waals surface area contributed by atoms with E-state index in [1.807, 2.05) is 0 Å². The molecule has 0 aromatic rings. The van der Waals surface area contributed by atoms with E-state index in [4.69, 9.17) is 0 Å². The summed E-state index contributed by atoms with van der Waals surface area (Å²) in [5.41, 5.74) is 3.43. The maximum Gasteiger partial charge on any atom is 0.133 e. The summed E-state index contributed by atoms with van der Waals surface area (Å²) in [4.78, 5) is 0.338. The van der Waals surface area contributed by atoms with Crippen LogP contribution in [0.4, 0.5) is 0 Å². The highest BCUT2D eigenvalue weighted by atomic mass is 127. The summed E-state index contributed by atoms with van der Waals surface area (Å²) in [6.45, 7) is 2.08. The van der Waals surface area contributed by atoms with Crippen molar-refractivity contribution in [3.63, 3.8) is 0 Å². The van der Waals surface area contributed by atoms with Crippen molar-refractivity contribution in [2.75, 3.05) is 0 Å². The van der Waals surface area contributed by atoms with E-state index in [9.17, 15) is 0 Å². The van der Waals surface area contributed by atoms with Gasteiger partial charge in [-0.05, 0) is 35.6 Å². The van der Waals surface area contributed by atoms with Crippen LogP contribution in [0.25, 0.3) is 0 Å². The van der Waals surface area contributed by atoms with Crippen molar-refractivity contribution >= 4 is 48.0 Å². The Labute approximate surface area is 92.8 Å². The third-order valence-corrected chi connectivity index (χ3v) is 3.64. The molecule has 0 unspecified atom stereocenters. The van der Waals surface area contributed by atoms with Crippen LogP contribution in [-0.2, 0) is 0 Å². The van der Waals surface area contributed by atoms with Crippen LogP contribution in [0, 0.1) is 0 Å². The van der Waals surface area contributed by atoms with Gasteiger partial charge in [-0.15, -0.1) is 10.2 Å². The summed E-state index contributed by atoms with van der Waals surface area (Å²) >= 11 is 5.76. The van der Waals surface area contributed by atoms with Gasteiger partial charge in [-0.2, -0.15) is 0 Å². The molecule has 2 nitrogen and oxygen atoms in total. The zero-order valence-electron chi connectivity index (χ0n) is 6.38. The van der Waals surface area contributed by atoms with Crippen LogP contribution < -0.4 is 0 Å². The normalized spacial score (nSPS) is 27.1. The summed E-state index contributed by atoms with van der Waals surface area (Å²) in [7, 11) is 0. The molecule has 0 bridgehead atoms. The third-order valence-electron chi connectivity index (χ3n) is 1.86. The minimum Gasteiger partial charge on any atom is -0.149 e. The van der Waals surface area contributed by atoms with Gasteiger partial charge in [-0.3, -0.25) is 0 Å². The Morgan fingerprint density at radius 3 is 3.00 bits per heavy atom. The molecule has 0 saturated carbocycles. The SMILES string of the molecule is CC1=CC2=NN=C(I)C2=C[C@H]1Br. The van der Waals surface area contributed by atoms with Gasteiger partial charge in [0.05, 0.1) is 10.5 Å². The lowest BCUT2D eigenvalue weighted by Crippen LogP contribution is -2.12. The Kier molecular flexibility index (Phi) is 2.20. The van der Waals surface area contributed by atoms with Gasteiger partial charge in [0.1, 0.15) is 3.72 Å². The average Bonchev–Trinajstić information content (AvgIpc) is 2.35. The highest BCUT2D eigenvalue weighted by Gasteiger charge is 2.22. The lowest BCUT2D eigenvalue weighted by Gasteiger charge is -2.12. The van der Waals surface area contributed by atoms with Gasteiger partial charge in [0, 0.05) is 5.57 Å². The number of allylic oxidation sites excluding steroid dienone is 4. The Morgan fingerprint density at radius 1 is 1.50 bits per heavy atom. The smallest absolute Gasteiger partial charge is 0.133 e. The van der Waals surface area contributed by atoms with E-state index in [-0.39, 0.29) is 0 Å². The number of hydrogen-bond acceptors (Lipinski definition) is 2. The largest absolute Gasteiger partial charge is 0.149 e. The molecule has 0 amide bonds. The molecule has 0 saturated heterocycles. The molecule has 62 valence electrons. The molecular formula is C8H6BrIN2. The van der Waals surface area contributed by atoms with Crippen LogP contribution in [0.3, 0.4) is 0 Å². The Balaban J connectivity index is 2.44. The molecule has 0 aromatic carbocycles. The molecule has 1 heterocycles. The highest BCUT2D eigenvalue weighted by Crippen LogP contribution is 2.27. The molecule has 1 aliphatic heterocycles. The predicted molar refractivity (Wildman–Crippen MR) is 63.4 cm³/mol. The summed E-state index contributed by atoms with van der Waals surface area (Å²) in [5, 5.41) is 8.06. The first-order chi connectivity index (χ1) is 5.68. The van der Waals surface area contributed by atoms with Crippen LogP contribution in [0.5, 0.6) is 0 Å². The van der Waals surface area contributed by atoms with Crippen molar-refractivity contribution < 1.29 is 0 Å². The third kappa shape index (κ3) is 1.31. The van der Waals surface area contributed by atoms with Crippen LogP contribution >= 0.6 is 38.5 Å². The van der Waals surface area contributed by atoms with Crippen molar-refractivity contribution in [2.24, 2.45) is 10.2 Å². The number of hydrogen-bond donors (Lipinski definition) is 0. The molecule has 2 aliphatic rings. The van der Waals surface area contributed by atoms with Crippen molar-refractivity contribution in [3.8, 4) is 0 Å². The maximum absolute atomic E-state index is 4.06. The molecule has 4 heteroatoms. The summed E-state index contributed by atoms with van der Waals surface area (Å²) in [6.07, 6.45) is 4.22. The molecule has 12 heavy (non-hydrogen) atoms. The monoisotopic (exact) mass is 336 g/mol. The van der Waals surface area contributed by atoms with E-state index in [1.165, 1.54) is 5.57 Å². The summed E-state index contributed by atoms with van der Waals surface area (Å²) < 4.78 is 0.982. The van der Waals surface area contributed by atoms with E-state index in [0.717, 1.165) is 15.0 Å². The van der Waals surface area contributed by atoms with Gasteiger partial charge in [-0.25, -0.2) is 0 Å². The number of nitrogens with zero attached hydrogens (tertiary/aromatic N) is 2. The van der Waals surface area contributed by atoms with Gasteiger partial charge >= 0.3 is 0 Å². The molecule has 0 radical (unpaired) electrons. The quantitative estimate of drug-likeness (QED) is 0.480. The lowest BCUT2D eigenvalue weighted by molar-refractivity contribution is 1.23. The van der Waals surface area contributed by atoms with Crippen molar-refractivity contribution in [1.29, 1.82) is 0 Å². The fourth-order valence-electron chi connectivity index (χ4n) is 1.14. The van der Waals surface area contributed by atoms with Crippen LogP contribution in [-0.4, -0.2) is 14.3 Å². The van der Waals surface area contributed by atoms with Gasteiger partial charge in [0.2, 0.25) is 0 Å². The first-order valence-electron chi connectivity index (χ1n) is 3.54. The summed E-state index contributed by atoms with van der Waals surface area (Å²) in [5.74, 6) is 0. The number of alkyl halides is 1. The predicted octanol–water partition coefficient (Wildman–Crippen LogP) is 2.84. The molecule has 1 atom stereocenters. The van der Waals surface area contributed by atoms with Gasteiger partial charge in [0.15, 0.2) is 0 Å². The molecule has 0 N–H and O–H groups in total. The van der Waals surface area contributed by atoms with E-state index < -0.39 is 0 Å². The van der Waals surface area contributed by atoms with Crippen molar-refractivity contribution in [1.82, 2.24) is 0 Å². The Bertz CT molecular complexity index is 352. The Hall–Kier alpha value is 0.0300. The second kappa shape index (κ2) is 3.06. The molecule has 0 spiro atoms. The van der Waals surface area contributed by atoms with Crippen LogP contribution in [0.1, 0.15) is 6.92 Å². The fourth-order valence-corrected chi connectivity index (χ4v) is 2.11. The minimum absolute atomic E-state index is 0.338. The molecule has 0 aromatic heterocycles. The second-order valence-corrected chi connectivity index (χ2v) is 4.75. The van der Waals surface area contributed by atoms with Crippen molar-refractivity contribution in [3.05, 3.63) is 23.3 Å². The number of halogens is 2. The van der Waals surface area contributed by atoms with E-state index >= 15 is 0 Å². The minimum atomic E-state index is 0.338. The summed E-state index contributed by atoms with van der Waals surface area (Å²) in [6, 6.07) is 0. The van der Waals surface area contributed by atoms with Crippen molar-refractivity contribution in [2.45, 2.75) is 11.8 Å². The molecule has 1 aliphatic carbocycles. The van der Waals surface area contributed by atoms with E-state index in [2.05, 4.69) is 67.8 Å². The van der Waals surface area contributed by atoms with Gasteiger partial charge in [0.25, 0.3) is 0 Å². The van der Waals surface area contributed by atoms with Gasteiger partial charge in [-0.1, -0.05) is 27.6 Å². The number of fused-ring (bicyclic) bond motifs is 1. The van der Waals surface area contributed by atoms with Gasteiger partial charge < -0.3 is 0 Å². The maximum atomic E-state index is 4.06. The molecule has 2 rings (SSSR count). The first kappa shape index (κ1) is 8.62. The zero-order valence-corrected chi connectivity index (χ0v) is 10.1. The molecule has 0 fully saturated rings. The standard InChI is InChI=1S/C8H6BrIN2/c1-4-2-7-5(3-6(4)9)8(10)12-11-7/h2-3,6H,1H3/t6-/m1/s1. The highest BCUT2D eigenvalue weighted by molar-refractivity contribution is 14.1. The van der Waals surface area contributed by atoms with Crippen LogP contribution in [0.2, 0.25) is 0 Å². The number of rotatable bonds is 0. The average molecular weight is 337 g/mol. The first-order valence-corrected chi connectivity index (χ1v) is 5.54. The fraction of sp³-hybridized carbons (Fsp3) is 0.250. The van der Waals surface area contributed by atoms with Crippen LogP contribution in [0.15, 0.2) is 33.5 Å². The topological polar surface area (TPSA) is 24.7 Å². The zero-order chi connectivity index (χ0) is 8.72. The Morgan fingerprint density at radius 2 is 2.25 bits per heavy atom.